The van der Waals surface area contributed by atoms with Gasteiger partial charge in [-0.05, 0) is 36.6 Å². The highest BCUT2D eigenvalue weighted by Crippen LogP contribution is 2.15. The van der Waals surface area contributed by atoms with Crippen LogP contribution >= 0.6 is 0 Å². The zero-order chi connectivity index (χ0) is 17.5. The topological polar surface area (TPSA) is 94.2 Å². The second-order valence-corrected chi connectivity index (χ2v) is 5.92. The molecule has 0 spiro atoms. The third-order valence-corrected chi connectivity index (χ3v) is 3.99. The number of nitrogens with two attached hydrogens (primary N) is 1. The third-order valence-electron chi connectivity index (χ3n) is 3.99. The monoisotopic (exact) mass is 339 g/mol. The van der Waals surface area contributed by atoms with Gasteiger partial charge in [-0.2, -0.15) is 0 Å². The molecule has 130 valence electrons. The maximum Gasteiger partial charge on any atom is 0.246 e. The van der Waals surface area contributed by atoms with Crippen molar-refractivity contribution in [2.75, 3.05) is 18.9 Å². The van der Waals surface area contributed by atoms with Crippen LogP contribution in [0, 0.1) is 0 Å². The highest BCUT2D eigenvalue weighted by molar-refractivity contribution is 5.91. The van der Waals surface area contributed by atoms with E-state index < -0.39 is 0 Å². The lowest BCUT2D eigenvalue weighted by atomic mass is 10.2. The minimum Gasteiger partial charge on any atom is -0.376 e. The van der Waals surface area contributed by atoms with Crippen molar-refractivity contribution >= 4 is 17.9 Å². The van der Waals surface area contributed by atoms with Gasteiger partial charge >= 0.3 is 0 Å². The number of anilines is 1. The molecule has 1 unspecified atom stereocenters. The number of carbonyl (C=O) groups is 1. The van der Waals surface area contributed by atoms with E-state index >= 15 is 0 Å². The zero-order valence-corrected chi connectivity index (χ0v) is 13.9. The van der Waals surface area contributed by atoms with E-state index in [1.54, 1.807) is 35.8 Å². The Morgan fingerprint density at radius 3 is 2.76 bits per heavy atom. The summed E-state index contributed by atoms with van der Waals surface area (Å²) in [5, 5.41) is 0. The Bertz CT molecular complexity index is 712. The first-order valence-electron chi connectivity index (χ1n) is 8.26. The second kappa shape index (κ2) is 8.34. The number of ether oxygens (including phenoxy) is 1. The van der Waals surface area contributed by atoms with Crippen LogP contribution in [0.15, 0.2) is 43.0 Å². The molecule has 0 radical (unpaired) electrons. The van der Waals surface area contributed by atoms with Gasteiger partial charge in [-0.25, -0.2) is 9.97 Å². The Morgan fingerprint density at radius 2 is 2.08 bits per heavy atom. The summed E-state index contributed by atoms with van der Waals surface area (Å²) in [6.07, 6.45) is 12.0. The molecule has 1 aliphatic rings. The average molecular weight is 339 g/mol. The fourth-order valence-corrected chi connectivity index (χ4v) is 2.68. The summed E-state index contributed by atoms with van der Waals surface area (Å²) in [5.41, 5.74) is 7.23. The quantitative estimate of drug-likeness (QED) is 0.805. The first-order valence-corrected chi connectivity index (χ1v) is 8.26. The van der Waals surface area contributed by atoms with Crippen molar-refractivity contribution < 1.29 is 9.53 Å². The molecule has 3 rings (SSSR count). The number of rotatable bonds is 6. The fraction of sp³-hybridized carbons (Fsp3) is 0.333. The lowest BCUT2D eigenvalue weighted by molar-refractivity contribution is -0.128. The van der Waals surface area contributed by atoms with Gasteiger partial charge in [0.2, 0.25) is 11.9 Å². The molecule has 1 saturated heterocycles. The van der Waals surface area contributed by atoms with Gasteiger partial charge in [0, 0.05) is 56.1 Å². The van der Waals surface area contributed by atoms with Gasteiger partial charge in [-0.15, -0.1) is 0 Å². The van der Waals surface area contributed by atoms with Crippen molar-refractivity contribution in [3.8, 4) is 0 Å². The highest BCUT2D eigenvalue weighted by atomic mass is 16.5. The molecule has 2 aromatic rings. The van der Waals surface area contributed by atoms with E-state index in [0.29, 0.717) is 13.1 Å². The molecular weight excluding hydrogens is 318 g/mol. The van der Waals surface area contributed by atoms with Gasteiger partial charge in [0.15, 0.2) is 0 Å². The number of carbonyl (C=O) groups excluding carboxylic acids is 1. The Labute approximate surface area is 146 Å². The molecule has 0 saturated carbocycles. The lowest BCUT2D eigenvalue weighted by Gasteiger charge is -2.24. The van der Waals surface area contributed by atoms with Gasteiger partial charge in [0.1, 0.15) is 0 Å². The van der Waals surface area contributed by atoms with Gasteiger partial charge in [0.05, 0.1) is 6.10 Å². The first-order chi connectivity index (χ1) is 12.2. The summed E-state index contributed by atoms with van der Waals surface area (Å²) in [5.74, 6) is 0.130. The van der Waals surface area contributed by atoms with Crippen LogP contribution in [-0.2, 0) is 16.1 Å². The third kappa shape index (κ3) is 5.09. The summed E-state index contributed by atoms with van der Waals surface area (Å²) in [7, 11) is 0. The lowest BCUT2D eigenvalue weighted by Crippen LogP contribution is -2.35. The number of nitrogen functional groups attached to an aromatic ring is 1. The van der Waals surface area contributed by atoms with Crippen molar-refractivity contribution in [1.82, 2.24) is 19.9 Å². The number of nitrogens with zero attached hydrogens (tertiary/aromatic N) is 4. The minimum atomic E-state index is -0.0795. The van der Waals surface area contributed by atoms with Gasteiger partial charge in [0.25, 0.3) is 0 Å². The Kier molecular flexibility index (Phi) is 5.69. The van der Waals surface area contributed by atoms with Crippen molar-refractivity contribution in [2.24, 2.45) is 0 Å². The maximum absolute atomic E-state index is 12.7. The van der Waals surface area contributed by atoms with Gasteiger partial charge in [-0.1, -0.05) is 0 Å². The van der Waals surface area contributed by atoms with E-state index in [-0.39, 0.29) is 18.0 Å². The molecule has 2 aromatic heterocycles. The number of pyridine rings is 1. The molecule has 7 heteroatoms. The van der Waals surface area contributed by atoms with Crippen molar-refractivity contribution in [3.63, 3.8) is 0 Å². The van der Waals surface area contributed by atoms with Crippen molar-refractivity contribution in [3.05, 3.63) is 54.1 Å². The molecule has 7 nitrogen and oxygen atoms in total. The van der Waals surface area contributed by atoms with E-state index in [0.717, 1.165) is 30.6 Å². The van der Waals surface area contributed by atoms with E-state index in [9.17, 15) is 4.79 Å². The molecule has 2 N–H and O–H groups in total. The van der Waals surface area contributed by atoms with Crippen molar-refractivity contribution in [1.29, 1.82) is 0 Å². The highest BCUT2D eigenvalue weighted by Gasteiger charge is 2.21. The molecule has 0 aliphatic carbocycles. The van der Waals surface area contributed by atoms with Crippen LogP contribution in [0.4, 0.5) is 5.95 Å². The molecule has 0 bridgehead atoms. The van der Waals surface area contributed by atoms with Crippen LogP contribution in [0.1, 0.15) is 24.0 Å². The van der Waals surface area contributed by atoms with Gasteiger partial charge in [-0.3, -0.25) is 9.78 Å². The van der Waals surface area contributed by atoms with E-state index in [4.69, 9.17) is 10.5 Å². The molecule has 1 atom stereocenters. The Balaban J connectivity index is 1.70. The van der Waals surface area contributed by atoms with E-state index in [1.165, 1.54) is 6.08 Å². The smallest absolute Gasteiger partial charge is 0.246 e. The Hall–Kier alpha value is -2.80. The summed E-state index contributed by atoms with van der Waals surface area (Å²) in [4.78, 5) is 26.3. The molecule has 1 amide bonds. The van der Waals surface area contributed by atoms with Crippen LogP contribution < -0.4 is 5.73 Å². The number of hydrogen-bond donors (Lipinski definition) is 1. The second-order valence-electron chi connectivity index (χ2n) is 5.92. The predicted octanol–water partition coefficient (Wildman–Crippen LogP) is 1.67. The zero-order valence-electron chi connectivity index (χ0n) is 13.9. The molecule has 1 fully saturated rings. The summed E-state index contributed by atoms with van der Waals surface area (Å²) in [6.45, 7) is 1.86. The standard InChI is InChI=1S/C18H21N5O2/c19-18-21-10-15(11-22-18)3-4-17(24)23(13-16-2-1-9-25-16)12-14-5-7-20-8-6-14/h3-8,10-11,16H,1-2,9,12-13H2,(H2,19,21,22)/b4-3+. The van der Waals surface area contributed by atoms with Crippen LogP contribution in [-0.4, -0.2) is 45.0 Å². The molecule has 1 aliphatic heterocycles. The van der Waals surface area contributed by atoms with Gasteiger partial charge < -0.3 is 15.4 Å². The van der Waals surface area contributed by atoms with Crippen LogP contribution in [0.5, 0.6) is 0 Å². The minimum absolute atomic E-state index is 0.0795. The fourth-order valence-electron chi connectivity index (χ4n) is 2.68. The number of hydrogen-bond acceptors (Lipinski definition) is 6. The van der Waals surface area contributed by atoms with Crippen LogP contribution in [0.3, 0.4) is 0 Å². The van der Waals surface area contributed by atoms with Crippen molar-refractivity contribution in [2.45, 2.75) is 25.5 Å². The number of amides is 1. The predicted molar refractivity (Wildman–Crippen MR) is 94.1 cm³/mol. The molecule has 3 heterocycles. The van der Waals surface area contributed by atoms with E-state index in [1.807, 2.05) is 12.1 Å². The van der Waals surface area contributed by atoms with Crippen LogP contribution in [0.2, 0.25) is 0 Å². The summed E-state index contributed by atoms with van der Waals surface area (Å²) >= 11 is 0. The average Bonchev–Trinajstić information content (AvgIpc) is 3.14. The summed E-state index contributed by atoms with van der Waals surface area (Å²) in [6, 6.07) is 3.82. The van der Waals surface area contributed by atoms with Crippen LogP contribution in [0.25, 0.3) is 6.08 Å². The normalized spacial score (nSPS) is 17.0. The first kappa shape index (κ1) is 17.0. The molecule has 0 aromatic carbocycles. The van der Waals surface area contributed by atoms with E-state index in [2.05, 4.69) is 15.0 Å². The molecule has 25 heavy (non-hydrogen) atoms. The Morgan fingerprint density at radius 1 is 1.32 bits per heavy atom. The number of aromatic nitrogens is 3. The molecular formula is C18H21N5O2. The maximum atomic E-state index is 12.7. The largest absolute Gasteiger partial charge is 0.376 e. The summed E-state index contributed by atoms with van der Waals surface area (Å²) < 4.78 is 5.68. The SMILES string of the molecule is Nc1ncc(/C=C/C(=O)N(Cc2ccncc2)CC2CCCO2)cn1.